The van der Waals surface area contributed by atoms with Crippen LogP contribution in [0.2, 0.25) is 0 Å². The highest BCUT2D eigenvalue weighted by atomic mass is 16.6. The van der Waals surface area contributed by atoms with Crippen LogP contribution in [-0.4, -0.2) is 45.9 Å². The summed E-state index contributed by atoms with van der Waals surface area (Å²) in [5.74, 6) is 0. The molecule has 0 saturated carbocycles. The van der Waals surface area contributed by atoms with Crippen molar-refractivity contribution >= 4 is 46.4 Å². The number of hydrogen-bond acceptors (Lipinski definition) is 6. The molecule has 2 N–H and O–H groups in total. The molecule has 8 bridgehead atoms. The number of rotatable bonds is 8. The van der Waals surface area contributed by atoms with Crippen LogP contribution in [0.1, 0.15) is 76.4 Å². The van der Waals surface area contributed by atoms with Gasteiger partial charge in [0.15, 0.2) is 0 Å². The number of hydrogen-bond donors (Lipinski definition) is 2. The number of nitrogens with one attached hydrogen (secondary N) is 2. The molecule has 13 rings (SSSR count). The van der Waals surface area contributed by atoms with Gasteiger partial charge in [0.1, 0.15) is 24.4 Å². The van der Waals surface area contributed by atoms with Gasteiger partial charge in [-0.2, -0.15) is 0 Å². The quantitative estimate of drug-likeness (QED) is 0.148. The van der Waals surface area contributed by atoms with Gasteiger partial charge in [0.2, 0.25) is 0 Å². The number of nitrogens with zero attached hydrogens (tertiary/aromatic N) is 2. The molecule has 0 spiro atoms. The summed E-state index contributed by atoms with van der Waals surface area (Å²) in [6.45, 7) is 4.42. The minimum Gasteiger partial charge on any atom is -0.368 e. The fourth-order valence-electron chi connectivity index (χ4n) is 9.11. The number of epoxide rings is 4. The van der Waals surface area contributed by atoms with Crippen molar-refractivity contribution in [3.05, 3.63) is 166 Å². The smallest absolute Gasteiger partial charge is 0.109 e. The lowest BCUT2D eigenvalue weighted by Gasteiger charge is -2.08. The third-order valence-electron chi connectivity index (χ3n) is 12.7. The van der Waals surface area contributed by atoms with Crippen LogP contribution in [0.4, 0.5) is 0 Å². The molecular formula is C53H40N4O4. The first-order chi connectivity index (χ1) is 30.1. The predicted molar refractivity (Wildman–Crippen MR) is 240 cm³/mol. The first-order valence-corrected chi connectivity index (χ1v) is 21.2. The maximum absolute atomic E-state index is 5.83. The van der Waals surface area contributed by atoms with Gasteiger partial charge in [-0.3, -0.25) is 0 Å². The van der Waals surface area contributed by atoms with Crippen LogP contribution in [0.25, 0.3) is 90.9 Å². The number of H-pyrrole nitrogens is 2. The number of ether oxygens (including phenoxy) is 4. The molecule has 5 atom stereocenters. The van der Waals surface area contributed by atoms with Crippen molar-refractivity contribution in [2.24, 2.45) is 0 Å². The normalized spacial score (nSPS) is 21.8. The van der Waals surface area contributed by atoms with Crippen molar-refractivity contribution in [1.82, 2.24) is 19.9 Å². The van der Waals surface area contributed by atoms with Gasteiger partial charge in [-0.15, -0.1) is 0 Å². The van der Waals surface area contributed by atoms with E-state index in [1.54, 1.807) is 0 Å². The molecule has 296 valence electrons. The van der Waals surface area contributed by atoms with Crippen LogP contribution in [0.5, 0.6) is 0 Å². The average Bonchev–Trinajstić information content (AvgIpc) is 4.23. The number of benzene rings is 4. The first kappa shape index (κ1) is 35.1. The van der Waals surface area contributed by atoms with Crippen LogP contribution in [0.3, 0.4) is 0 Å². The van der Waals surface area contributed by atoms with Crippen LogP contribution < -0.4 is 0 Å². The molecule has 0 aliphatic carbocycles. The lowest BCUT2D eigenvalue weighted by atomic mass is 10.0. The van der Waals surface area contributed by atoms with E-state index in [9.17, 15) is 0 Å². The summed E-state index contributed by atoms with van der Waals surface area (Å²) in [6.07, 6.45) is 9.49. The van der Waals surface area contributed by atoms with E-state index in [-0.39, 0.29) is 30.5 Å². The highest BCUT2D eigenvalue weighted by Crippen LogP contribution is 2.42. The first-order valence-electron chi connectivity index (χ1n) is 21.2. The van der Waals surface area contributed by atoms with Crippen molar-refractivity contribution in [1.29, 1.82) is 0 Å². The standard InChI is InChI=1S/C53H40N4O4/c1-29-53(61-29)37-16-14-36(15-17-37)52-44-24-22-42(56-44)50(34-10-4-31(5-11-34)47-27-59-47)40-20-18-38(54-40)49(33-8-2-30(3-9-33)46-26-58-46)39-19-21-41(55-39)51(43-23-25-45(52)57-43)35-12-6-32(7-13-35)48-28-60-48/h2-25,29,46-48,53-54,57H,26-28H2,1H3. The summed E-state index contributed by atoms with van der Waals surface area (Å²) in [5, 5.41) is 0. The maximum Gasteiger partial charge on any atom is 0.109 e. The van der Waals surface area contributed by atoms with E-state index in [1.807, 2.05) is 0 Å². The Morgan fingerprint density at radius 3 is 0.902 bits per heavy atom. The van der Waals surface area contributed by atoms with Crippen LogP contribution in [-0.2, 0) is 18.9 Å². The summed E-state index contributed by atoms with van der Waals surface area (Å²) >= 11 is 0. The Balaban J connectivity index is 1.11. The van der Waals surface area contributed by atoms with Gasteiger partial charge < -0.3 is 28.9 Å². The highest BCUT2D eigenvalue weighted by molar-refractivity contribution is 5.99. The minimum absolute atomic E-state index is 0.143. The Labute approximate surface area is 352 Å². The van der Waals surface area contributed by atoms with E-state index in [4.69, 9.17) is 28.9 Å². The second-order valence-corrected chi connectivity index (χ2v) is 16.7. The van der Waals surface area contributed by atoms with E-state index >= 15 is 0 Å². The minimum atomic E-state index is 0.143. The van der Waals surface area contributed by atoms with E-state index in [0.29, 0.717) is 0 Å². The van der Waals surface area contributed by atoms with Gasteiger partial charge in [0.05, 0.1) is 48.7 Å². The lowest BCUT2D eigenvalue weighted by molar-refractivity contribution is 0.383. The lowest BCUT2D eigenvalue weighted by Crippen LogP contribution is -1.91. The summed E-state index contributed by atoms with van der Waals surface area (Å²) in [5.41, 5.74) is 20.4. The van der Waals surface area contributed by atoms with E-state index in [2.05, 4.69) is 163 Å². The second kappa shape index (κ2) is 13.7. The topological polar surface area (TPSA) is 107 Å². The molecule has 8 nitrogen and oxygen atoms in total. The van der Waals surface area contributed by atoms with Gasteiger partial charge >= 0.3 is 0 Å². The van der Waals surface area contributed by atoms with E-state index < -0.39 is 0 Å². The van der Waals surface area contributed by atoms with Gasteiger partial charge in [0, 0.05) is 44.3 Å². The Hall–Kier alpha value is -6.68. The Morgan fingerprint density at radius 2 is 0.656 bits per heavy atom. The zero-order valence-corrected chi connectivity index (χ0v) is 33.4. The van der Waals surface area contributed by atoms with Crippen molar-refractivity contribution in [3.8, 4) is 44.5 Å². The van der Waals surface area contributed by atoms with Crippen molar-refractivity contribution in [2.75, 3.05) is 19.8 Å². The molecule has 4 saturated heterocycles. The van der Waals surface area contributed by atoms with Gasteiger partial charge in [-0.1, -0.05) is 97.1 Å². The summed E-state index contributed by atoms with van der Waals surface area (Å²) in [6, 6.07) is 43.7. The maximum atomic E-state index is 5.83. The molecule has 4 fully saturated rings. The van der Waals surface area contributed by atoms with E-state index in [0.717, 1.165) is 109 Å². The zero-order valence-electron chi connectivity index (χ0n) is 33.4. The average molecular weight is 797 g/mol. The molecule has 8 heteroatoms. The second-order valence-electron chi connectivity index (χ2n) is 16.7. The van der Waals surface area contributed by atoms with Gasteiger partial charge in [-0.05, 0) is 100 Å². The third kappa shape index (κ3) is 6.38. The van der Waals surface area contributed by atoms with Gasteiger partial charge in [-0.25, -0.2) is 9.97 Å². The molecule has 61 heavy (non-hydrogen) atoms. The molecule has 0 radical (unpaired) electrons. The molecule has 9 heterocycles. The SMILES string of the molecule is CC1OC1c1ccc(-c2c3nc(c(-c4ccc(C5CO5)cc4)c4ccc([nH]4)c(-c4ccc(C5CO5)cc4)c4nc(c(-c5ccc(C6CO6)cc5)c5ccc2[nH]5)C=C4)C=C3)cc1. The fourth-order valence-corrected chi connectivity index (χ4v) is 9.11. The Bertz CT molecular complexity index is 3080. The molecule has 4 aromatic carbocycles. The monoisotopic (exact) mass is 796 g/mol. The zero-order chi connectivity index (χ0) is 40.2. The molecule has 7 aromatic rings. The van der Waals surface area contributed by atoms with Crippen molar-refractivity contribution in [2.45, 2.75) is 37.4 Å². The van der Waals surface area contributed by atoms with E-state index in [1.165, 1.54) is 22.3 Å². The molecule has 6 aliphatic rings. The van der Waals surface area contributed by atoms with Crippen LogP contribution in [0.15, 0.2) is 121 Å². The molecule has 0 amide bonds. The molecule has 6 aliphatic heterocycles. The third-order valence-corrected chi connectivity index (χ3v) is 12.7. The summed E-state index contributed by atoms with van der Waals surface area (Å²) in [7, 11) is 0. The highest BCUT2D eigenvalue weighted by Gasteiger charge is 2.35. The summed E-state index contributed by atoms with van der Waals surface area (Å²) < 4.78 is 22.7. The number of aromatic amines is 2. The van der Waals surface area contributed by atoms with Crippen molar-refractivity contribution < 1.29 is 18.9 Å². The molecule has 5 unspecified atom stereocenters. The van der Waals surface area contributed by atoms with Crippen LogP contribution in [0, 0.1) is 0 Å². The summed E-state index contributed by atoms with van der Waals surface area (Å²) in [4.78, 5) is 18.7. The Kier molecular flexibility index (Phi) is 7.87. The fraction of sp³-hybridized carbons (Fsp3) is 0.170. The molecular weight excluding hydrogens is 757 g/mol. The molecule has 3 aromatic heterocycles. The Morgan fingerprint density at radius 1 is 0.393 bits per heavy atom. The number of fused-ring (bicyclic) bond motifs is 8. The van der Waals surface area contributed by atoms with Gasteiger partial charge in [0.25, 0.3) is 0 Å². The number of aromatic nitrogens is 4. The largest absolute Gasteiger partial charge is 0.368 e. The van der Waals surface area contributed by atoms with Crippen molar-refractivity contribution in [3.63, 3.8) is 0 Å². The van der Waals surface area contributed by atoms with Crippen LogP contribution >= 0.6 is 0 Å². The predicted octanol–water partition coefficient (Wildman–Crippen LogP) is 12.0.